The van der Waals surface area contributed by atoms with Gasteiger partial charge in [-0.2, -0.15) is 0 Å². The predicted molar refractivity (Wildman–Crippen MR) is 50.6 cm³/mol. The van der Waals surface area contributed by atoms with Gasteiger partial charge in [-0.25, -0.2) is 0 Å². The van der Waals surface area contributed by atoms with Crippen molar-refractivity contribution in [2.24, 2.45) is 0 Å². The van der Waals surface area contributed by atoms with Gasteiger partial charge in [0, 0.05) is 25.1 Å². The first-order valence-electron chi connectivity index (χ1n) is 4.56. The number of hydrogen-bond donors (Lipinski definition) is 1. The molecule has 4 nitrogen and oxygen atoms in total. The van der Waals surface area contributed by atoms with Gasteiger partial charge in [0.15, 0.2) is 0 Å². The first-order valence-corrected chi connectivity index (χ1v) is 4.56. The van der Waals surface area contributed by atoms with Gasteiger partial charge in [-0.15, -0.1) is 0 Å². The second kappa shape index (κ2) is 4.62. The number of nitrogens with one attached hydrogen (secondary N) is 1. The Morgan fingerprint density at radius 2 is 2.43 bits per heavy atom. The van der Waals surface area contributed by atoms with Gasteiger partial charge in [0.25, 0.3) is 0 Å². The molecule has 0 atom stereocenters. The summed E-state index contributed by atoms with van der Waals surface area (Å²) in [7, 11) is 0. The van der Waals surface area contributed by atoms with E-state index in [1.807, 2.05) is 12.1 Å². The lowest BCUT2D eigenvalue weighted by atomic mass is 10.3. The molecule has 4 heteroatoms. The zero-order valence-electron chi connectivity index (χ0n) is 7.77. The average molecular weight is 192 g/mol. The van der Waals surface area contributed by atoms with Crippen LogP contribution in [-0.2, 0) is 13.0 Å². The average Bonchev–Trinajstić information content (AvgIpc) is 2.86. The van der Waals surface area contributed by atoms with Crippen molar-refractivity contribution in [3.63, 3.8) is 0 Å². The maximum atomic E-state index is 5.20. The lowest BCUT2D eigenvalue weighted by molar-refractivity contribution is 0.418. The van der Waals surface area contributed by atoms with E-state index in [2.05, 4.69) is 10.5 Å². The molecule has 2 rings (SSSR count). The lowest BCUT2D eigenvalue weighted by Crippen LogP contribution is -2.15. The molecular formula is C10H12N2O2. The van der Waals surface area contributed by atoms with E-state index in [0.29, 0.717) is 0 Å². The number of aromatic nitrogens is 1. The van der Waals surface area contributed by atoms with E-state index < -0.39 is 0 Å². The van der Waals surface area contributed by atoms with Gasteiger partial charge in [-0.1, -0.05) is 5.16 Å². The van der Waals surface area contributed by atoms with Crippen molar-refractivity contribution in [3.8, 4) is 0 Å². The molecule has 0 saturated heterocycles. The first kappa shape index (κ1) is 9.02. The van der Waals surface area contributed by atoms with Crippen LogP contribution in [0.4, 0.5) is 0 Å². The summed E-state index contributed by atoms with van der Waals surface area (Å²) in [5, 5.41) is 6.88. The highest BCUT2D eigenvalue weighted by Crippen LogP contribution is 2.00. The van der Waals surface area contributed by atoms with Crippen LogP contribution in [0.5, 0.6) is 0 Å². The highest BCUT2D eigenvalue weighted by Gasteiger charge is 1.96. The van der Waals surface area contributed by atoms with E-state index in [0.717, 1.165) is 30.8 Å². The molecule has 14 heavy (non-hydrogen) atoms. The Labute approximate surface area is 81.9 Å². The van der Waals surface area contributed by atoms with Crippen molar-refractivity contribution < 1.29 is 8.94 Å². The van der Waals surface area contributed by atoms with Crippen LogP contribution in [0.2, 0.25) is 0 Å². The minimum Gasteiger partial charge on any atom is -0.469 e. The summed E-state index contributed by atoms with van der Waals surface area (Å²) in [6, 6.07) is 3.87. The summed E-state index contributed by atoms with van der Waals surface area (Å²) >= 11 is 0. The number of hydrogen-bond acceptors (Lipinski definition) is 4. The highest BCUT2D eigenvalue weighted by atomic mass is 16.5. The van der Waals surface area contributed by atoms with Crippen LogP contribution in [0.25, 0.3) is 0 Å². The molecule has 0 aromatic carbocycles. The maximum absolute atomic E-state index is 5.20. The molecule has 0 amide bonds. The molecular weight excluding hydrogens is 180 g/mol. The van der Waals surface area contributed by atoms with Crippen LogP contribution in [-0.4, -0.2) is 11.7 Å². The largest absolute Gasteiger partial charge is 0.469 e. The first-order chi connectivity index (χ1) is 6.95. The monoisotopic (exact) mass is 192 g/mol. The zero-order chi connectivity index (χ0) is 9.64. The molecule has 0 saturated carbocycles. The van der Waals surface area contributed by atoms with Gasteiger partial charge in [0.1, 0.15) is 12.0 Å². The second-order valence-corrected chi connectivity index (χ2v) is 3.04. The Balaban J connectivity index is 1.65. The summed E-state index contributed by atoms with van der Waals surface area (Å²) < 4.78 is 9.91. The van der Waals surface area contributed by atoms with Gasteiger partial charge in [0.2, 0.25) is 0 Å². The zero-order valence-corrected chi connectivity index (χ0v) is 7.77. The SMILES string of the molecule is c1coc(CCNCc2cnoc2)c1. The lowest BCUT2D eigenvalue weighted by Gasteiger charge is -1.99. The molecule has 0 aliphatic heterocycles. The molecule has 0 fully saturated rings. The minimum atomic E-state index is 0.782. The molecule has 1 N–H and O–H groups in total. The molecule has 0 radical (unpaired) electrons. The van der Waals surface area contributed by atoms with Crippen LogP contribution < -0.4 is 5.32 Å². The van der Waals surface area contributed by atoms with Crippen molar-refractivity contribution in [1.82, 2.24) is 10.5 Å². The van der Waals surface area contributed by atoms with E-state index >= 15 is 0 Å². The standard InChI is InChI=1S/C10H12N2O2/c1-2-10(13-5-1)3-4-11-6-9-7-12-14-8-9/h1-2,5,7-8,11H,3-4,6H2. The predicted octanol–water partition coefficient (Wildman–Crippen LogP) is 1.60. The van der Waals surface area contributed by atoms with Crippen LogP contribution in [0, 0.1) is 0 Å². The van der Waals surface area contributed by atoms with Crippen molar-refractivity contribution >= 4 is 0 Å². The number of furan rings is 1. The third-order valence-electron chi connectivity index (χ3n) is 1.94. The second-order valence-electron chi connectivity index (χ2n) is 3.04. The van der Waals surface area contributed by atoms with Crippen LogP contribution in [0.3, 0.4) is 0 Å². The highest BCUT2D eigenvalue weighted by molar-refractivity contribution is 5.00. The maximum Gasteiger partial charge on any atom is 0.128 e. The Bertz CT molecular complexity index is 304. The molecule has 0 spiro atoms. The summed E-state index contributed by atoms with van der Waals surface area (Å²) in [6.45, 7) is 1.67. The molecule has 74 valence electrons. The smallest absolute Gasteiger partial charge is 0.128 e. The van der Waals surface area contributed by atoms with Crippen LogP contribution >= 0.6 is 0 Å². The number of rotatable bonds is 5. The van der Waals surface area contributed by atoms with E-state index in [1.54, 1.807) is 18.7 Å². The van der Waals surface area contributed by atoms with E-state index in [4.69, 9.17) is 8.94 Å². The molecule has 0 aliphatic rings. The summed E-state index contributed by atoms with van der Waals surface area (Å²) in [4.78, 5) is 0. The minimum absolute atomic E-state index is 0.782. The van der Waals surface area contributed by atoms with Gasteiger partial charge in [0.05, 0.1) is 12.5 Å². The summed E-state index contributed by atoms with van der Waals surface area (Å²) in [6.07, 6.45) is 5.94. The molecule has 2 aromatic heterocycles. The van der Waals surface area contributed by atoms with E-state index in [-0.39, 0.29) is 0 Å². The Hall–Kier alpha value is -1.55. The summed E-state index contributed by atoms with van der Waals surface area (Å²) in [5.74, 6) is 1.00. The third kappa shape index (κ3) is 2.47. The van der Waals surface area contributed by atoms with Crippen LogP contribution in [0.15, 0.2) is 39.8 Å². The topological polar surface area (TPSA) is 51.2 Å². The van der Waals surface area contributed by atoms with Gasteiger partial charge >= 0.3 is 0 Å². The summed E-state index contributed by atoms with van der Waals surface area (Å²) in [5.41, 5.74) is 1.06. The van der Waals surface area contributed by atoms with Crippen molar-refractivity contribution in [1.29, 1.82) is 0 Å². The van der Waals surface area contributed by atoms with Crippen LogP contribution in [0.1, 0.15) is 11.3 Å². The van der Waals surface area contributed by atoms with Crippen molar-refractivity contribution in [2.45, 2.75) is 13.0 Å². The van der Waals surface area contributed by atoms with E-state index in [9.17, 15) is 0 Å². The normalized spacial score (nSPS) is 10.6. The van der Waals surface area contributed by atoms with Crippen molar-refractivity contribution in [2.75, 3.05) is 6.54 Å². The molecule has 0 aliphatic carbocycles. The fourth-order valence-electron chi connectivity index (χ4n) is 1.21. The molecule has 0 bridgehead atoms. The fourth-order valence-corrected chi connectivity index (χ4v) is 1.21. The number of nitrogens with zero attached hydrogens (tertiary/aromatic N) is 1. The van der Waals surface area contributed by atoms with Gasteiger partial charge in [-0.3, -0.25) is 0 Å². The Kier molecular flexibility index (Phi) is 2.98. The van der Waals surface area contributed by atoms with E-state index in [1.165, 1.54) is 0 Å². The van der Waals surface area contributed by atoms with Gasteiger partial charge in [-0.05, 0) is 12.1 Å². The van der Waals surface area contributed by atoms with Gasteiger partial charge < -0.3 is 14.3 Å². The Morgan fingerprint density at radius 1 is 1.43 bits per heavy atom. The quantitative estimate of drug-likeness (QED) is 0.731. The fraction of sp³-hybridized carbons (Fsp3) is 0.300. The molecule has 2 heterocycles. The molecule has 2 aromatic rings. The van der Waals surface area contributed by atoms with Crippen molar-refractivity contribution in [3.05, 3.63) is 42.2 Å². The Morgan fingerprint density at radius 3 is 3.14 bits per heavy atom. The molecule has 0 unspecified atom stereocenters. The third-order valence-corrected chi connectivity index (χ3v) is 1.94.